The maximum absolute atomic E-state index is 12.8. The Kier molecular flexibility index (Phi) is 5.88. The van der Waals surface area contributed by atoms with Crippen molar-refractivity contribution in [3.05, 3.63) is 45.8 Å². The molecule has 27 heavy (non-hydrogen) atoms. The number of carbonyl (C=O) groups is 1. The Morgan fingerprint density at radius 1 is 1.26 bits per heavy atom. The number of nitrogens with zero attached hydrogens (tertiary/aromatic N) is 2. The molecule has 0 atom stereocenters. The molecule has 2 aromatic rings. The van der Waals surface area contributed by atoms with Crippen LogP contribution < -0.4 is 0 Å². The number of hydrogen-bond donors (Lipinski definition) is 0. The van der Waals surface area contributed by atoms with Gasteiger partial charge in [0.05, 0.1) is 26.7 Å². The van der Waals surface area contributed by atoms with Gasteiger partial charge in [0.25, 0.3) is 0 Å². The van der Waals surface area contributed by atoms with Crippen LogP contribution in [0.25, 0.3) is 0 Å². The number of esters is 1. The summed E-state index contributed by atoms with van der Waals surface area (Å²) in [6, 6.07) is 4.10. The molecule has 0 bridgehead atoms. The van der Waals surface area contributed by atoms with Crippen LogP contribution in [0.5, 0.6) is 0 Å². The Hall–Kier alpha value is -1.90. The van der Waals surface area contributed by atoms with Crippen molar-refractivity contribution in [3.8, 4) is 0 Å². The van der Waals surface area contributed by atoms with Crippen molar-refractivity contribution in [1.29, 1.82) is 0 Å². The van der Waals surface area contributed by atoms with Crippen LogP contribution in [0.15, 0.2) is 27.6 Å². The minimum atomic E-state index is -3.66. The molecule has 1 aliphatic heterocycles. The van der Waals surface area contributed by atoms with Crippen molar-refractivity contribution in [2.45, 2.75) is 44.6 Å². The number of halogens is 1. The normalized spacial score (nSPS) is 15.7. The van der Waals surface area contributed by atoms with Gasteiger partial charge in [-0.1, -0.05) is 23.2 Å². The third kappa shape index (κ3) is 4.17. The average molecular weight is 413 g/mol. The molecule has 146 valence electrons. The third-order valence-electron chi connectivity index (χ3n) is 4.64. The van der Waals surface area contributed by atoms with Crippen molar-refractivity contribution < 1.29 is 22.5 Å². The summed E-state index contributed by atoms with van der Waals surface area (Å²) in [5.74, 6) is -0.136. The number of carbonyl (C=O) groups excluding carboxylic acids is 1. The van der Waals surface area contributed by atoms with E-state index in [2.05, 4.69) is 5.16 Å². The van der Waals surface area contributed by atoms with E-state index in [9.17, 15) is 13.2 Å². The lowest BCUT2D eigenvalue weighted by atomic mass is 10.2. The third-order valence-corrected chi connectivity index (χ3v) is 6.86. The van der Waals surface area contributed by atoms with Gasteiger partial charge >= 0.3 is 5.97 Å². The van der Waals surface area contributed by atoms with Crippen LogP contribution in [0.2, 0.25) is 5.02 Å². The number of benzene rings is 1. The topological polar surface area (TPSA) is 89.7 Å². The lowest BCUT2D eigenvalue weighted by Crippen LogP contribution is -2.35. The molecule has 7 nitrogen and oxygen atoms in total. The largest absolute Gasteiger partial charge is 0.457 e. The molecule has 0 spiro atoms. The highest BCUT2D eigenvalue weighted by Crippen LogP contribution is 2.26. The predicted molar refractivity (Wildman–Crippen MR) is 99.2 cm³/mol. The molecule has 1 saturated heterocycles. The van der Waals surface area contributed by atoms with E-state index >= 15 is 0 Å². The zero-order chi connectivity index (χ0) is 19.6. The molecule has 3 rings (SSSR count). The minimum Gasteiger partial charge on any atom is -0.457 e. The highest BCUT2D eigenvalue weighted by Gasteiger charge is 2.27. The standard InChI is InChI=1S/C18H21ClN2O5S/c1-12-16(13(2)26-20-12)11-25-18(22)15-10-14(6-7-17(15)19)27(23,24)21-8-4-3-5-9-21/h6-7,10H,3-5,8-9,11H2,1-2H3. The number of aromatic nitrogens is 1. The fraction of sp³-hybridized carbons (Fsp3) is 0.444. The Labute approximate surface area is 163 Å². The highest BCUT2D eigenvalue weighted by atomic mass is 35.5. The Balaban J connectivity index is 1.81. The summed E-state index contributed by atoms with van der Waals surface area (Å²) in [5.41, 5.74) is 1.32. The Morgan fingerprint density at radius 3 is 2.59 bits per heavy atom. The summed E-state index contributed by atoms with van der Waals surface area (Å²) >= 11 is 6.11. The second-order valence-electron chi connectivity index (χ2n) is 6.49. The maximum Gasteiger partial charge on any atom is 0.340 e. The SMILES string of the molecule is Cc1noc(C)c1COC(=O)c1cc(S(=O)(=O)N2CCCCC2)ccc1Cl. The van der Waals surface area contributed by atoms with Gasteiger partial charge in [0, 0.05) is 13.1 Å². The first-order chi connectivity index (χ1) is 12.8. The molecule has 1 aromatic heterocycles. The monoisotopic (exact) mass is 412 g/mol. The molecule has 0 unspecified atom stereocenters. The quantitative estimate of drug-likeness (QED) is 0.698. The molecule has 2 heterocycles. The fourth-order valence-corrected chi connectivity index (χ4v) is 4.74. The van der Waals surface area contributed by atoms with Crippen molar-refractivity contribution in [2.24, 2.45) is 0 Å². The first-order valence-electron chi connectivity index (χ1n) is 8.69. The molecule has 0 radical (unpaired) electrons. The van der Waals surface area contributed by atoms with Gasteiger partial charge in [0.15, 0.2) is 0 Å². The van der Waals surface area contributed by atoms with Gasteiger partial charge < -0.3 is 9.26 Å². The summed E-state index contributed by atoms with van der Waals surface area (Å²) < 4.78 is 37.4. The first kappa shape index (κ1) is 19.9. The smallest absolute Gasteiger partial charge is 0.340 e. The van der Waals surface area contributed by atoms with Crippen molar-refractivity contribution >= 4 is 27.6 Å². The fourth-order valence-electron chi connectivity index (χ4n) is 3.00. The van der Waals surface area contributed by atoms with Gasteiger partial charge in [-0.15, -0.1) is 0 Å². The van der Waals surface area contributed by atoms with Gasteiger partial charge in [0.1, 0.15) is 12.4 Å². The molecule has 1 aliphatic rings. The summed E-state index contributed by atoms with van der Waals surface area (Å²) in [5, 5.41) is 3.94. The molecular weight excluding hydrogens is 392 g/mol. The highest BCUT2D eigenvalue weighted by molar-refractivity contribution is 7.89. The van der Waals surface area contributed by atoms with Gasteiger partial charge in [-0.3, -0.25) is 0 Å². The molecule has 1 fully saturated rings. The zero-order valence-electron chi connectivity index (χ0n) is 15.2. The van der Waals surface area contributed by atoms with Crippen LogP contribution in [-0.4, -0.2) is 36.9 Å². The molecule has 1 aromatic carbocycles. The molecule has 0 amide bonds. The molecular formula is C18H21ClN2O5S. The second kappa shape index (κ2) is 8.00. The van der Waals surface area contributed by atoms with Crippen LogP contribution in [-0.2, 0) is 21.4 Å². The van der Waals surface area contributed by atoms with Crippen LogP contribution in [0.1, 0.15) is 46.6 Å². The van der Waals surface area contributed by atoms with Gasteiger partial charge in [-0.05, 0) is 44.9 Å². The van der Waals surface area contributed by atoms with E-state index in [-0.39, 0.29) is 22.1 Å². The van der Waals surface area contributed by atoms with E-state index in [4.69, 9.17) is 20.9 Å². The number of ether oxygens (including phenoxy) is 1. The van der Waals surface area contributed by atoms with Crippen molar-refractivity contribution in [3.63, 3.8) is 0 Å². The van der Waals surface area contributed by atoms with Crippen molar-refractivity contribution in [1.82, 2.24) is 9.46 Å². The summed E-state index contributed by atoms with van der Waals surface area (Å²) in [4.78, 5) is 12.5. The van der Waals surface area contributed by atoms with Gasteiger partial charge in [0.2, 0.25) is 10.0 Å². The zero-order valence-corrected chi connectivity index (χ0v) is 16.8. The van der Waals surface area contributed by atoms with E-state index in [1.165, 1.54) is 22.5 Å². The van der Waals surface area contributed by atoms with Crippen molar-refractivity contribution in [2.75, 3.05) is 13.1 Å². The number of rotatable bonds is 5. The first-order valence-corrected chi connectivity index (χ1v) is 10.5. The Bertz CT molecular complexity index is 929. The molecule has 0 aliphatic carbocycles. The van der Waals surface area contributed by atoms with E-state index in [0.29, 0.717) is 30.1 Å². The van der Waals surface area contributed by atoms with Crippen LogP contribution >= 0.6 is 11.6 Å². The second-order valence-corrected chi connectivity index (χ2v) is 8.83. The number of hydrogen-bond acceptors (Lipinski definition) is 6. The summed E-state index contributed by atoms with van der Waals surface area (Å²) in [6.07, 6.45) is 2.68. The van der Waals surface area contributed by atoms with Crippen LogP contribution in [0.3, 0.4) is 0 Å². The van der Waals surface area contributed by atoms with E-state index in [1.807, 2.05) is 0 Å². The van der Waals surface area contributed by atoms with E-state index < -0.39 is 16.0 Å². The van der Waals surface area contributed by atoms with Crippen LogP contribution in [0, 0.1) is 13.8 Å². The lowest BCUT2D eigenvalue weighted by Gasteiger charge is -2.26. The number of sulfonamides is 1. The van der Waals surface area contributed by atoms with Gasteiger partial charge in [-0.25, -0.2) is 13.2 Å². The molecule has 0 saturated carbocycles. The minimum absolute atomic E-state index is 0.0153. The lowest BCUT2D eigenvalue weighted by molar-refractivity contribution is 0.0470. The summed E-state index contributed by atoms with van der Waals surface area (Å²) in [7, 11) is -3.66. The van der Waals surface area contributed by atoms with Gasteiger partial charge in [-0.2, -0.15) is 4.31 Å². The predicted octanol–water partition coefficient (Wildman–Crippen LogP) is 3.48. The van der Waals surface area contributed by atoms with E-state index in [0.717, 1.165) is 19.3 Å². The molecule has 0 N–H and O–H groups in total. The summed E-state index contributed by atoms with van der Waals surface area (Å²) in [6.45, 7) is 4.41. The number of piperidine rings is 1. The maximum atomic E-state index is 12.8. The average Bonchev–Trinajstić information content (AvgIpc) is 2.98. The Morgan fingerprint density at radius 2 is 1.96 bits per heavy atom. The number of aryl methyl sites for hydroxylation is 2. The molecule has 9 heteroatoms. The van der Waals surface area contributed by atoms with E-state index in [1.54, 1.807) is 13.8 Å². The van der Waals surface area contributed by atoms with Crippen LogP contribution in [0.4, 0.5) is 0 Å².